The molecule has 0 radical (unpaired) electrons. The predicted molar refractivity (Wildman–Crippen MR) is 111 cm³/mol. The normalized spacial score (nSPS) is 17.4. The molecule has 5 heteroatoms. The number of benzene rings is 2. The van der Waals surface area contributed by atoms with E-state index in [0.29, 0.717) is 5.56 Å². The van der Waals surface area contributed by atoms with Crippen LogP contribution in [0, 0.1) is 0 Å². The molecule has 4 rings (SSSR count). The summed E-state index contributed by atoms with van der Waals surface area (Å²) in [5, 5.41) is 3.22. The molecule has 3 aromatic rings. The van der Waals surface area contributed by atoms with E-state index in [1.54, 1.807) is 12.4 Å². The van der Waals surface area contributed by atoms with Crippen molar-refractivity contribution in [1.82, 2.24) is 20.2 Å². The first-order valence-corrected chi connectivity index (χ1v) is 9.95. The van der Waals surface area contributed by atoms with Gasteiger partial charge in [0.05, 0.1) is 0 Å². The van der Waals surface area contributed by atoms with Crippen LogP contribution in [0.2, 0.25) is 0 Å². The number of likely N-dealkylation sites (tertiary alicyclic amines) is 1. The van der Waals surface area contributed by atoms with Crippen LogP contribution in [0.4, 0.5) is 0 Å². The van der Waals surface area contributed by atoms with Gasteiger partial charge in [-0.25, -0.2) is 4.98 Å². The Morgan fingerprint density at radius 1 is 1.18 bits per heavy atom. The maximum Gasteiger partial charge on any atom is 0.251 e. The van der Waals surface area contributed by atoms with Crippen LogP contribution >= 0.6 is 0 Å². The lowest BCUT2D eigenvalue weighted by Crippen LogP contribution is -2.48. The molecule has 0 spiro atoms. The molecule has 2 heterocycles. The maximum atomic E-state index is 12.8. The summed E-state index contributed by atoms with van der Waals surface area (Å²) in [6.07, 6.45) is 6.70. The van der Waals surface area contributed by atoms with Gasteiger partial charge in [0.1, 0.15) is 5.82 Å². The summed E-state index contributed by atoms with van der Waals surface area (Å²) in [5.74, 6) is 0.766. The number of rotatable bonds is 6. The zero-order chi connectivity index (χ0) is 19.2. The second kappa shape index (κ2) is 8.85. The van der Waals surface area contributed by atoms with E-state index in [2.05, 4.69) is 50.5 Å². The largest absolute Gasteiger partial charge is 0.348 e. The molecule has 1 aliphatic heterocycles. The molecule has 1 saturated heterocycles. The lowest BCUT2D eigenvalue weighted by molar-refractivity contribution is 0.0904. The number of aromatic amines is 1. The number of aromatic nitrogens is 2. The van der Waals surface area contributed by atoms with Crippen molar-refractivity contribution in [1.29, 1.82) is 0 Å². The van der Waals surface area contributed by atoms with Gasteiger partial charge in [-0.15, -0.1) is 0 Å². The van der Waals surface area contributed by atoms with Gasteiger partial charge >= 0.3 is 0 Å². The van der Waals surface area contributed by atoms with Gasteiger partial charge in [-0.05, 0) is 43.5 Å². The van der Waals surface area contributed by atoms with Gasteiger partial charge < -0.3 is 15.2 Å². The van der Waals surface area contributed by atoms with E-state index < -0.39 is 0 Å². The monoisotopic (exact) mass is 374 g/mol. The predicted octanol–water partition coefficient (Wildman–Crippen LogP) is 3.51. The molecule has 1 unspecified atom stereocenters. The molecule has 0 aliphatic carbocycles. The topological polar surface area (TPSA) is 61.0 Å². The number of carbonyl (C=O) groups excluding carboxylic acids is 1. The Labute approximate surface area is 165 Å². The summed E-state index contributed by atoms with van der Waals surface area (Å²) in [5.41, 5.74) is 2.96. The number of hydrogen-bond donors (Lipinski definition) is 2. The van der Waals surface area contributed by atoms with Crippen LogP contribution in [-0.4, -0.2) is 46.5 Å². The van der Waals surface area contributed by atoms with Crippen LogP contribution < -0.4 is 5.32 Å². The summed E-state index contributed by atoms with van der Waals surface area (Å²) < 4.78 is 0. The minimum atomic E-state index is -0.0108. The van der Waals surface area contributed by atoms with Gasteiger partial charge in [0.25, 0.3) is 5.91 Å². The van der Waals surface area contributed by atoms with Crippen LogP contribution in [0.5, 0.6) is 0 Å². The lowest BCUT2D eigenvalue weighted by atomic mass is 10.0. The molecule has 0 bridgehead atoms. The Kier molecular flexibility index (Phi) is 5.83. The molecule has 2 aromatic carbocycles. The van der Waals surface area contributed by atoms with E-state index in [9.17, 15) is 4.79 Å². The molecular formula is C23H26N4O. The van der Waals surface area contributed by atoms with Crippen LogP contribution in [0.3, 0.4) is 0 Å². The molecule has 2 N–H and O–H groups in total. The Morgan fingerprint density at radius 3 is 2.89 bits per heavy atom. The lowest BCUT2D eigenvalue weighted by Gasteiger charge is -2.33. The quantitative estimate of drug-likeness (QED) is 0.694. The summed E-state index contributed by atoms with van der Waals surface area (Å²) >= 11 is 0. The second-order valence-corrected chi connectivity index (χ2v) is 7.37. The third-order valence-electron chi connectivity index (χ3n) is 5.30. The SMILES string of the molecule is O=C(NC1CCCN(CCc2ccccc2)C1)c1cccc(-c2ncc[nH]2)c1. The number of nitrogens with zero attached hydrogens (tertiary/aromatic N) is 2. The standard InChI is InChI=1S/C23H26N4O/c28-23(20-9-4-8-19(16-20)22-24-12-13-25-22)26-21-10-5-14-27(17-21)15-11-18-6-2-1-3-7-18/h1-4,6-9,12-13,16,21H,5,10-11,14-15,17H2,(H,24,25)(H,26,28). The Morgan fingerprint density at radius 2 is 2.07 bits per heavy atom. The average molecular weight is 374 g/mol. The van der Waals surface area contributed by atoms with Gasteiger partial charge in [-0.1, -0.05) is 42.5 Å². The van der Waals surface area contributed by atoms with Crippen molar-refractivity contribution in [3.8, 4) is 11.4 Å². The second-order valence-electron chi connectivity index (χ2n) is 7.37. The van der Waals surface area contributed by atoms with Gasteiger partial charge in [0.2, 0.25) is 0 Å². The molecule has 1 fully saturated rings. The number of H-pyrrole nitrogens is 1. The molecule has 1 aromatic heterocycles. The summed E-state index contributed by atoms with van der Waals surface area (Å²) in [7, 11) is 0. The van der Waals surface area contributed by atoms with Crippen LogP contribution in [0.15, 0.2) is 67.0 Å². The molecule has 5 nitrogen and oxygen atoms in total. The number of nitrogens with one attached hydrogen (secondary N) is 2. The zero-order valence-corrected chi connectivity index (χ0v) is 16.0. The number of hydrogen-bond acceptors (Lipinski definition) is 3. The van der Waals surface area contributed by atoms with E-state index in [0.717, 1.165) is 50.3 Å². The average Bonchev–Trinajstić information content (AvgIpc) is 3.28. The van der Waals surface area contributed by atoms with Crippen molar-refractivity contribution in [3.05, 3.63) is 78.1 Å². The fraction of sp³-hybridized carbons (Fsp3) is 0.304. The molecule has 1 atom stereocenters. The van der Waals surface area contributed by atoms with Crippen molar-refractivity contribution in [2.24, 2.45) is 0 Å². The van der Waals surface area contributed by atoms with Crippen LogP contribution in [0.1, 0.15) is 28.8 Å². The summed E-state index contributed by atoms with van der Waals surface area (Å²) in [4.78, 5) is 22.6. The first-order chi connectivity index (χ1) is 13.8. The highest BCUT2D eigenvalue weighted by atomic mass is 16.1. The summed E-state index contributed by atoms with van der Waals surface area (Å²) in [6, 6.07) is 18.4. The Hall–Kier alpha value is -2.92. The van der Waals surface area contributed by atoms with Crippen molar-refractivity contribution in [2.45, 2.75) is 25.3 Å². The minimum Gasteiger partial charge on any atom is -0.348 e. The van der Waals surface area contributed by atoms with Gasteiger partial charge in [-0.2, -0.15) is 0 Å². The van der Waals surface area contributed by atoms with Crippen LogP contribution in [-0.2, 0) is 6.42 Å². The fourth-order valence-corrected chi connectivity index (χ4v) is 3.81. The first-order valence-electron chi connectivity index (χ1n) is 9.95. The highest BCUT2D eigenvalue weighted by Gasteiger charge is 2.21. The van der Waals surface area contributed by atoms with E-state index in [1.807, 2.05) is 24.3 Å². The number of piperidine rings is 1. The number of carbonyl (C=O) groups is 1. The third-order valence-corrected chi connectivity index (χ3v) is 5.30. The molecule has 144 valence electrons. The van der Waals surface area contributed by atoms with E-state index in [-0.39, 0.29) is 11.9 Å². The first kappa shape index (κ1) is 18.4. The van der Waals surface area contributed by atoms with Crippen molar-refractivity contribution >= 4 is 5.91 Å². The molecule has 1 aliphatic rings. The molecule has 1 amide bonds. The van der Waals surface area contributed by atoms with Crippen molar-refractivity contribution in [2.75, 3.05) is 19.6 Å². The molecule has 28 heavy (non-hydrogen) atoms. The third kappa shape index (κ3) is 4.67. The van der Waals surface area contributed by atoms with Crippen molar-refractivity contribution < 1.29 is 4.79 Å². The van der Waals surface area contributed by atoms with Crippen LogP contribution in [0.25, 0.3) is 11.4 Å². The van der Waals surface area contributed by atoms with Gasteiger partial charge in [0.15, 0.2) is 0 Å². The maximum absolute atomic E-state index is 12.8. The zero-order valence-electron chi connectivity index (χ0n) is 16.0. The number of imidazole rings is 1. The van der Waals surface area contributed by atoms with Gasteiger partial charge in [0, 0.05) is 42.7 Å². The van der Waals surface area contributed by atoms with E-state index in [4.69, 9.17) is 0 Å². The smallest absolute Gasteiger partial charge is 0.251 e. The highest BCUT2D eigenvalue weighted by molar-refractivity contribution is 5.95. The van der Waals surface area contributed by atoms with E-state index >= 15 is 0 Å². The Bertz CT molecular complexity index is 892. The number of amides is 1. The highest BCUT2D eigenvalue weighted by Crippen LogP contribution is 2.17. The molecular weight excluding hydrogens is 348 g/mol. The van der Waals surface area contributed by atoms with Crippen molar-refractivity contribution in [3.63, 3.8) is 0 Å². The minimum absolute atomic E-state index is 0.0108. The molecule has 0 saturated carbocycles. The van der Waals surface area contributed by atoms with E-state index in [1.165, 1.54) is 5.56 Å². The Balaban J connectivity index is 1.33. The fourth-order valence-electron chi connectivity index (χ4n) is 3.81. The summed E-state index contributed by atoms with van der Waals surface area (Å²) in [6.45, 7) is 3.05. The van der Waals surface area contributed by atoms with Gasteiger partial charge in [-0.3, -0.25) is 4.79 Å².